The highest BCUT2D eigenvalue weighted by Gasteiger charge is 2.23. The number of hydrogen-bond donors (Lipinski definition) is 2. The lowest BCUT2D eigenvalue weighted by Crippen LogP contribution is -2.50. The minimum atomic E-state index is -0.728. The molecule has 1 aromatic rings. The summed E-state index contributed by atoms with van der Waals surface area (Å²) in [6.07, 6.45) is -1.34. The van der Waals surface area contributed by atoms with Gasteiger partial charge in [-0.25, -0.2) is 14.5 Å². The highest BCUT2D eigenvalue weighted by molar-refractivity contribution is 5.90. The molecule has 0 saturated carbocycles. The van der Waals surface area contributed by atoms with Gasteiger partial charge in [0.1, 0.15) is 5.75 Å². The molecule has 7 nitrogen and oxygen atoms in total. The van der Waals surface area contributed by atoms with Gasteiger partial charge in [0.05, 0.1) is 6.61 Å². The molecule has 0 saturated heterocycles. The van der Waals surface area contributed by atoms with E-state index in [1.807, 2.05) is 24.3 Å². The van der Waals surface area contributed by atoms with Crippen molar-refractivity contribution in [3.8, 4) is 5.75 Å². The topological polar surface area (TPSA) is 93.9 Å². The average Bonchev–Trinajstić information content (AvgIpc) is 2.52. The number of benzene rings is 1. The SMILES string of the molecule is CCOC(=O)N(CCN)C(=O)NC(C)Oc1ccc(C(C)C)cc1. The Hall–Kier alpha value is -2.28. The lowest BCUT2D eigenvalue weighted by molar-refractivity contribution is 0.108. The minimum absolute atomic E-state index is 0.0699. The van der Waals surface area contributed by atoms with Crippen molar-refractivity contribution in [3.05, 3.63) is 29.8 Å². The summed E-state index contributed by atoms with van der Waals surface area (Å²) >= 11 is 0. The zero-order valence-electron chi connectivity index (χ0n) is 14.7. The molecule has 0 aliphatic carbocycles. The second-order valence-corrected chi connectivity index (χ2v) is 5.57. The molecular formula is C17H27N3O4. The summed E-state index contributed by atoms with van der Waals surface area (Å²) in [6.45, 7) is 7.98. The Morgan fingerprint density at radius 3 is 2.33 bits per heavy atom. The number of nitrogens with zero attached hydrogens (tertiary/aromatic N) is 1. The molecule has 3 N–H and O–H groups in total. The fraction of sp³-hybridized carbons (Fsp3) is 0.529. The fourth-order valence-corrected chi connectivity index (χ4v) is 2.02. The van der Waals surface area contributed by atoms with Crippen LogP contribution in [0.5, 0.6) is 5.75 Å². The van der Waals surface area contributed by atoms with Crippen molar-refractivity contribution in [3.63, 3.8) is 0 Å². The number of carbonyl (C=O) groups is 2. The van der Waals surface area contributed by atoms with E-state index in [4.69, 9.17) is 15.2 Å². The van der Waals surface area contributed by atoms with Gasteiger partial charge in [-0.3, -0.25) is 0 Å². The van der Waals surface area contributed by atoms with Gasteiger partial charge in [0.25, 0.3) is 0 Å². The van der Waals surface area contributed by atoms with Gasteiger partial charge in [0, 0.05) is 13.1 Å². The minimum Gasteiger partial charge on any atom is -0.471 e. The summed E-state index contributed by atoms with van der Waals surface area (Å²) in [5.41, 5.74) is 6.64. The van der Waals surface area contributed by atoms with Crippen molar-refractivity contribution < 1.29 is 19.1 Å². The van der Waals surface area contributed by atoms with Gasteiger partial charge < -0.3 is 20.5 Å². The number of urea groups is 1. The Bertz CT molecular complexity index is 531. The molecule has 7 heteroatoms. The summed E-state index contributed by atoms with van der Waals surface area (Å²) in [5.74, 6) is 1.07. The van der Waals surface area contributed by atoms with Crippen LogP contribution in [0, 0.1) is 0 Å². The number of nitrogens with two attached hydrogens (primary N) is 1. The summed E-state index contributed by atoms with van der Waals surface area (Å²) in [4.78, 5) is 24.9. The van der Waals surface area contributed by atoms with Crippen LogP contribution in [0.25, 0.3) is 0 Å². The largest absolute Gasteiger partial charge is 0.471 e. The lowest BCUT2D eigenvalue weighted by Gasteiger charge is -2.23. The highest BCUT2D eigenvalue weighted by atomic mass is 16.6. The Balaban J connectivity index is 2.62. The van der Waals surface area contributed by atoms with Crippen molar-refractivity contribution in [2.45, 2.75) is 39.8 Å². The summed E-state index contributed by atoms with van der Waals surface area (Å²) in [7, 11) is 0. The molecule has 0 fully saturated rings. The normalized spacial score (nSPS) is 11.8. The van der Waals surface area contributed by atoms with Gasteiger partial charge in [-0.15, -0.1) is 0 Å². The monoisotopic (exact) mass is 337 g/mol. The number of ether oxygens (including phenoxy) is 2. The summed E-state index contributed by atoms with van der Waals surface area (Å²) in [5, 5.41) is 2.60. The second-order valence-electron chi connectivity index (χ2n) is 5.57. The predicted molar refractivity (Wildman–Crippen MR) is 91.9 cm³/mol. The van der Waals surface area contributed by atoms with Crippen molar-refractivity contribution in [1.82, 2.24) is 10.2 Å². The van der Waals surface area contributed by atoms with E-state index >= 15 is 0 Å². The standard InChI is InChI=1S/C17H27N3O4/c1-5-23-17(22)20(11-10-18)16(21)19-13(4)24-15-8-6-14(7-9-15)12(2)3/h6-9,12-13H,5,10-11,18H2,1-4H3,(H,19,21). The van der Waals surface area contributed by atoms with Gasteiger partial charge in [-0.2, -0.15) is 0 Å². The quantitative estimate of drug-likeness (QED) is 0.746. The van der Waals surface area contributed by atoms with E-state index in [0.717, 1.165) is 4.90 Å². The van der Waals surface area contributed by atoms with E-state index in [1.165, 1.54) is 5.56 Å². The van der Waals surface area contributed by atoms with Crippen LogP contribution >= 0.6 is 0 Å². The summed E-state index contributed by atoms with van der Waals surface area (Å²) < 4.78 is 10.5. The van der Waals surface area contributed by atoms with E-state index < -0.39 is 18.4 Å². The maximum atomic E-state index is 12.2. The zero-order chi connectivity index (χ0) is 18.1. The molecule has 3 amide bonds. The fourth-order valence-electron chi connectivity index (χ4n) is 2.02. The van der Waals surface area contributed by atoms with Crippen LogP contribution in [-0.2, 0) is 4.74 Å². The van der Waals surface area contributed by atoms with Crippen LogP contribution in [0.15, 0.2) is 24.3 Å². The van der Waals surface area contributed by atoms with E-state index in [9.17, 15) is 9.59 Å². The molecule has 0 aliphatic rings. The van der Waals surface area contributed by atoms with Gasteiger partial charge >= 0.3 is 12.1 Å². The molecule has 1 rings (SSSR count). The number of hydrogen-bond acceptors (Lipinski definition) is 5. The Kier molecular flexibility index (Phi) is 8.05. The number of rotatable bonds is 7. The van der Waals surface area contributed by atoms with Crippen molar-refractivity contribution in [1.29, 1.82) is 0 Å². The molecule has 0 heterocycles. The number of nitrogens with one attached hydrogen (secondary N) is 1. The third kappa shape index (κ3) is 6.08. The van der Waals surface area contributed by atoms with Gasteiger partial charge in [-0.05, 0) is 37.5 Å². The van der Waals surface area contributed by atoms with Gasteiger partial charge in [-0.1, -0.05) is 26.0 Å². The molecule has 1 atom stereocenters. The van der Waals surface area contributed by atoms with Crippen LogP contribution in [0.3, 0.4) is 0 Å². The molecular weight excluding hydrogens is 310 g/mol. The molecule has 24 heavy (non-hydrogen) atoms. The first kappa shape index (κ1) is 19.8. The van der Waals surface area contributed by atoms with Crippen LogP contribution in [0.1, 0.15) is 39.2 Å². The Morgan fingerprint density at radius 1 is 1.21 bits per heavy atom. The lowest BCUT2D eigenvalue weighted by atomic mass is 10.0. The molecule has 0 aromatic heterocycles. The zero-order valence-corrected chi connectivity index (χ0v) is 14.7. The molecule has 1 unspecified atom stereocenters. The second kappa shape index (κ2) is 9.77. The third-order valence-electron chi connectivity index (χ3n) is 3.27. The molecule has 0 spiro atoms. The van der Waals surface area contributed by atoms with E-state index in [1.54, 1.807) is 13.8 Å². The molecule has 0 bridgehead atoms. The van der Waals surface area contributed by atoms with Gasteiger partial charge in [0.15, 0.2) is 6.23 Å². The molecule has 0 radical (unpaired) electrons. The molecule has 1 aromatic carbocycles. The molecule has 0 aliphatic heterocycles. The highest BCUT2D eigenvalue weighted by Crippen LogP contribution is 2.19. The van der Waals surface area contributed by atoms with E-state index in [2.05, 4.69) is 19.2 Å². The Morgan fingerprint density at radius 2 is 1.83 bits per heavy atom. The summed E-state index contributed by atoms with van der Waals surface area (Å²) in [6, 6.07) is 7.05. The van der Waals surface area contributed by atoms with Crippen molar-refractivity contribution >= 4 is 12.1 Å². The third-order valence-corrected chi connectivity index (χ3v) is 3.27. The van der Waals surface area contributed by atoms with Gasteiger partial charge in [0.2, 0.25) is 0 Å². The van der Waals surface area contributed by atoms with Crippen LogP contribution in [-0.4, -0.2) is 42.9 Å². The Labute approximate surface area is 143 Å². The number of carbonyl (C=O) groups excluding carboxylic acids is 2. The maximum Gasteiger partial charge on any atom is 0.418 e. The maximum absolute atomic E-state index is 12.2. The van der Waals surface area contributed by atoms with Crippen molar-refractivity contribution in [2.75, 3.05) is 19.7 Å². The first-order valence-electron chi connectivity index (χ1n) is 8.10. The first-order valence-corrected chi connectivity index (χ1v) is 8.10. The molecule has 134 valence electrons. The van der Waals surface area contributed by atoms with Crippen molar-refractivity contribution in [2.24, 2.45) is 5.73 Å². The number of amides is 3. The smallest absolute Gasteiger partial charge is 0.418 e. The van der Waals surface area contributed by atoms with Crippen LogP contribution < -0.4 is 15.8 Å². The van der Waals surface area contributed by atoms with E-state index in [0.29, 0.717) is 11.7 Å². The number of imide groups is 1. The first-order chi connectivity index (χ1) is 11.4. The van der Waals surface area contributed by atoms with Crippen LogP contribution in [0.4, 0.5) is 9.59 Å². The van der Waals surface area contributed by atoms with Crippen LogP contribution in [0.2, 0.25) is 0 Å². The van der Waals surface area contributed by atoms with E-state index in [-0.39, 0.29) is 19.7 Å². The average molecular weight is 337 g/mol. The predicted octanol–water partition coefficient (Wildman–Crippen LogP) is 2.66.